The minimum absolute atomic E-state index is 0.0648. The van der Waals surface area contributed by atoms with E-state index in [1.165, 1.54) is 0 Å². The van der Waals surface area contributed by atoms with Crippen molar-refractivity contribution in [3.05, 3.63) is 35.9 Å². The van der Waals surface area contributed by atoms with Crippen molar-refractivity contribution in [1.82, 2.24) is 10.2 Å². The van der Waals surface area contributed by atoms with Crippen LogP contribution < -0.4 is 5.32 Å². The number of carbonyl (C=O) groups is 3. The van der Waals surface area contributed by atoms with E-state index in [1.54, 1.807) is 11.8 Å². The molecule has 1 fully saturated rings. The van der Waals surface area contributed by atoms with Gasteiger partial charge in [0.25, 0.3) is 0 Å². The van der Waals surface area contributed by atoms with Gasteiger partial charge in [-0.2, -0.15) is 0 Å². The second-order valence-electron chi connectivity index (χ2n) is 5.43. The highest BCUT2D eigenvalue weighted by Crippen LogP contribution is 2.19. The first kappa shape index (κ1) is 17.0. The smallest absolute Gasteiger partial charge is 0.325 e. The molecule has 0 radical (unpaired) electrons. The number of amides is 2. The Morgan fingerprint density at radius 3 is 2.70 bits per heavy atom. The van der Waals surface area contributed by atoms with Crippen molar-refractivity contribution in [2.75, 3.05) is 19.7 Å². The molecule has 0 aliphatic carbocycles. The Balaban J connectivity index is 1.90. The molecule has 1 heterocycles. The van der Waals surface area contributed by atoms with Crippen LogP contribution in [0.3, 0.4) is 0 Å². The molecule has 1 N–H and O–H groups in total. The van der Waals surface area contributed by atoms with Gasteiger partial charge in [0.05, 0.1) is 13.0 Å². The Bertz CT molecular complexity index is 559. The molecule has 2 rings (SSSR count). The first-order valence-electron chi connectivity index (χ1n) is 7.88. The SMILES string of the molecule is CCOC(=O)CNC(=O)C1CCCN1C(=O)Cc1ccccc1. The number of hydrogen-bond acceptors (Lipinski definition) is 4. The van der Waals surface area contributed by atoms with E-state index in [0.29, 0.717) is 13.0 Å². The van der Waals surface area contributed by atoms with Crippen molar-refractivity contribution in [1.29, 1.82) is 0 Å². The average molecular weight is 318 g/mol. The highest BCUT2D eigenvalue weighted by atomic mass is 16.5. The topological polar surface area (TPSA) is 75.7 Å². The summed E-state index contributed by atoms with van der Waals surface area (Å²) in [7, 11) is 0. The molecule has 1 aliphatic heterocycles. The van der Waals surface area contributed by atoms with Crippen LogP contribution in [0.5, 0.6) is 0 Å². The summed E-state index contributed by atoms with van der Waals surface area (Å²) in [6.45, 7) is 2.40. The van der Waals surface area contributed by atoms with Crippen LogP contribution in [-0.2, 0) is 25.5 Å². The number of nitrogens with zero attached hydrogens (tertiary/aromatic N) is 1. The van der Waals surface area contributed by atoms with Crippen LogP contribution in [0.2, 0.25) is 0 Å². The van der Waals surface area contributed by atoms with Gasteiger partial charge in [-0.3, -0.25) is 14.4 Å². The van der Waals surface area contributed by atoms with E-state index in [1.807, 2.05) is 30.3 Å². The predicted octanol–water partition coefficient (Wildman–Crippen LogP) is 0.899. The minimum Gasteiger partial charge on any atom is -0.465 e. The van der Waals surface area contributed by atoms with Crippen molar-refractivity contribution in [3.63, 3.8) is 0 Å². The van der Waals surface area contributed by atoms with Crippen LogP contribution in [0.15, 0.2) is 30.3 Å². The zero-order valence-corrected chi connectivity index (χ0v) is 13.3. The molecule has 1 unspecified atom stereocenters. The lowest BCUT2D eigenvalue weighted by Crippen LogP contribution is -2.47. The molecule has 0 spiro atoms. The van der Waals surface area contributed by atoms with Gasteiger partial charge < -0.3 is 15.0 Å². The molecule has 124 valence electrons. The van der Waals surface area contributed by atoms with Crippen LogP contribution in [0, 0.1) is 0 Å². The quantitative estimate of drug-likeness (QED) is 0.791. The molecule has 1 aromatic carbocycles. The Labute approximate surface area is 135 Å². The molecule has 1 aromatic rings. The fourth-order valence-electron chi connectivity index (χ4n) is 2.70. The van der Waals surface area contributed by atoms with Gasteiger partial charge in [0.1, 0.15) is 12.6 Å². The number of likely N-dealkylation sites (tertiary alicyclic amines) is 1. The van der Waals surface area contributed by atoms with E-state index < -0.39 is 12.0 Å². The summed E-state index contributed by atoms with van der Waals surface area (Å²) in [6, 6.07) is 8.95. The predicted molar refractivity (Wildman–Crippen MR) is 84.5 cm³/mol. The Kier molecular flexibility index (Phi) is 6.14. The van der Waals surface area contributed by atoms with Gasteiger partial charge in [-0.15, -0.1) is 0 Å². The van der Waals surface area contributed by atoms with Crippen molar-refractivity contribution in [2.24, 2.45) is 0 Å². The van der Waals surface area contributed by atoms with E-state index in [-0.39, 0.29) is 31.4 Å². The van der Waals surface area contributed by atoms with Crippen LogP contribution in [-0.4, -0.2) is 48.4 Å². The highest BCUT2D eigenvalue weighted by Gasteiger charge is 2.33. The number of nitrogens with one attached hydrogen (secondary N) is 1. The summed E-state index contributed by atoms with van der Waals surface area (Å²) in [5.41, 5.74) is 0.926. The van der Waals surface area contributed by atoms with Crippen molar-refractivity contribution < 1.29 is 19.1 Å². The highest BCUT2D eigenvalue weighted by molar-refractivity contribution is 5.90. The van der Waals surface area contributed by atoms with Gasteiger partial charge in [0.2, 0.25) is 11.8 Å². The summed E-state index contributed by atoms with van der Waals surface area (Å²) in [4.78, 5) is 37.5. The van der Waals surface area contributed by atoms with Crippen LogP contribution >= 0.6 is 0 Å². The van der Waals surface area contributed by atoms with Gasteiger partial charge in [-0.1, -0.05) is 30.3 Å². The van der Waals surface area contributed by atoms with Gasteiger partial charge >= 0.3 is 5.97 Å². The summed E-state index contributed by atoms with van der Waals surface area (Å²) in [5, 5.41) is 2.55. The monoisotopic (exact) mass is 318 g/mol. The first-order valence-corrected chi connectivity index (χ1v) is 7.88. The second-order valence-corrected chi connectivity index (χ2v) is 5.43. The average Bonchev–Trinajstić information content (AvgIpc) is 3.03. The molecule has 1 aliphatic rings. The summed E-state index contributed by atoms with van der Waals surface area (Å²) in [5.74, 6) is -0.831. The van der Waals surface area contributed by atoms with Crippen molar-refractivity contribution in [3.8, 4) is 0 Å². The van der Waals surface area contributed by atoms with Crippen LogP contribution in [0.25, 0.3) is 0 Å². The molecule has 1 atom stereocenters. The Morgan fingerprint density at radius 1 is 1.26 bits per heavy atom. The number of carbonyl (C=O) groups excluding carboxylic acids is 3. The van der Waals surface area contributed by atoms with Gasteiger partial charge in [0, 0.05) is 6.54 Å². The van der Waals surface area contributed by atoms with E-state index in [9.17, 15) is 14.4 Å². The van der Waals surface area contributed by atoms with Crippen LogP contribution in [0.1, 0.15) is 25.3 Å². The van der Waals surface area contributed by atoms with Gasteiger partial charge in [0.15, 0.2) is 0 Å². The molecule has 0 saturated carbocycles. The van der Waals surface area contributed by atoms with Crippen LogP contribution in [0.4, 0.5) is 0 Å². The van der Waals surface area contributed by atoms with Gasteiger partial charge in [-0.25, -0.2) is 0 Å². The summed E-state index contributed by atoms with van der Waals surface area (Å²) < 4.78 is 4.77. The summed E-state index contributed by atoms with van der Waals surface area (Å²) >= 11 is 0. The number of hydrogen-bond donors (Lipinski definition) is 1. The zero-order valence-electron chi connectivity index (χ0n) is 13.3. The molecule has 6 heteroatoms. The molecule has 0 aromatic heterocycles. The lowest BCUT2D eigenvalue weighted by Gasteiger charge is -2.24. The Hall–Kier alpha value is -2.37. The third-order valence-electron chi connectivity index (χ3n) is 3.79. The van der Waals surface area contributed by atoms with Crippen molar-refractivity contribution >= 4 is 17.8 Å². The standard InChI is InChI=1S/C17H22N2O4/c1-2-23-16(21)12-18-17(22)14-9-6-10-19(14)15(20)11-13-7-4-3-5-8-13/h3-5,7-8,14H,2,6,9-12H2,1H3,(H,18,22). The van der Waals surface area contributed by atoms with Crippen molar-refractivity contribution in [2.45, 2.75) is 32.2 Å². The fraction of sp³-hybridized carbons (Fsp3) is 0.471. The largest absolute Gasteiger partial charge is 0.465 e. The lowest BCUT2D eigenvalue weighted by atomic mass is 10.1. The number of esters is 1. The third kappa shape index (κ3) is 4.81. The Morgan fingerprint density at radius 2 is 2.00 bits per heavy atom. The molecule has 23 heavy (non-hydrogen) atoms. The first-order chi connectivity index (χ1) is 11.1. The number of rotatable bonds is 6. The maximum atomic E-state index is 12.4. The number of benzene rings is 1. The molecular formula is C17H22N2O4. The second kappa shape index (κ2) is 8.31. The molecule has 2 amide bonds. The molecule has 0 bridgehead atoms. The number of ether oxygens (including phenoxy) is 1. The lowest BCUT2D eigenvalue weighted by molar-refractivity contribution is -0.144. The molecular weight excluding hydrogens is 296 g/mol. The minimum atomic E-state index is -0.499. The molecule has 1 saturated heterocycles. The summed E-state index contributed by atoms with van der Waals surface area (Å²) in [6.07, 6.45) is 1.69. The van der Waals surface area contributed by atoms with E-state index in [4.69, 9.17) is 4.74 Å². The van der Waals surface area contributed by atoms with Gasteiger partial charge in [-0.05, 0) is 25.3 Å². The maximum Gasteiger partial charge on any atom is 0.325 e. The molecule has 6 nitrogen and oxygen atoms in total. The third-order valence-corrected chi connectivity index (χ3v) is 3.79. The zero-order chi connectivity index (χ0) is 16.7. The fourth-order valence-corrected chi connectivity index (χ4v) is 2.70. The normalized spacial score (nSPS) is 16.9. The van der Waals surface area contributed by atoms with E-state index in [0.717, 1.165) is 12.0 Å². The van der Waals surface area contributed by atoms with E-state index >= 15 is 0 Å². The maximum absolute atomic E-state index is 12.4. The van der Waals surface area contributed by atoms with E-state index in [2.05, 4.69) is 5.32 Å².